The molecular weight excluding hydrogens is 196 g/mol. The van der Waals surface area contributed by atoms with Gasteiger partial charge in [0.05, 0.1) is 0 Å². The van der Waals surface area contributed by atoms with Gasteiger partial charge >= 0.3 is 0 Å². The van der Waals surface area contributed by atoms with Crippen molar-refractivity contribution in [2.24, 2.45) is 10.8 Å². The predicted molar refractivity (Wildman–Crippen MR) is 69.6 cm³/mol. The van der Waals surface area contributed by atoms with E-state index in [-0.39, 0.29) is 0 Å². The molecule has 2 heteroatoms. The van der Waals surface area contributed by atoms with Crippen LogP contribution in [0.3, 0.4) is 0 Å². The van der Waals surface area contributed by atoms with E-state index in [2.05, 4.69) is 31.4 Å². The molecule has 0 amide bonds. The van der Waals surface area contributed by atoms with Crippen molar-refractivity contribution in [2.75, 3.05) is 19.6 Å². The monoisotopic (exact) mass is 224 g/mol. The summed E-state index contributed by atoms with van der Waals surface area (Å²) < 4.78 is 0. The minimum absolute atomic E-state index is 0.491. The van der Waals surface area contributed by atoms with E-state index in [0.717, 1.165) is 6.04 Å². The Morgan fingerprint density at radius 1 is 1.25 bits per heavy atom. The molecular formula is C14H28N2. The maximum atomic E-state index is 3.81. The average molecular weight is 224 g/mol. The third-order valence-electron chi connectivity index (χ3n) is 4.47. The van der Waals surface area contributed by atoms with Crippen molar-refractivity contribution in [3.63, 3.8) is 0 Å². The van der Waals surface area contributed by atoms with Gasteiger partial charge in [-0.3, -0.25) is 0 Å². The van der Waals surface area contributed by atoms with Gasteiger partial charge in [0, 0.05) is 19.1 Å². The maximum Gasteiger partial charge on any atom is 0.00725 e. The van der Waals surface area contributed by atoms with Gasteiger partial charge < -0.3 is 10.6 Å². The Morgan fingerprint density at radius 2 is 2.06 bits per heavy atom. The fourth-order valence-electron chi connectivity index (χ4n) is 3.27. The molecule has 0 spiro atoms. The summed E-state index contributed by atoms with van der Waals surface area (Å²) >= 11 is 0. The van der Waals surface area contributed by atoms with Crippen LogP contribution in [0.15, 0.2) is 0 Å². The van der Waals surface area contributed by atoms with Crippen molar-refractivity contribution in [1.29, 1.82) is 0 Å². The maximum absolute atomic E-state index is 3.81. The molecule has 2 rings (SSSR count). The lowest BCUT2D eigenvalue weighted by Crippen LogP contribution is -2.46. The molecule has 2 N–H and O–H groups in total. The average Bonchev–Trinajstić information content (AvgIpc) is 2.57. The molecule has 1 aliphatic heterocycles. The molecule has 1 aliphatic carbocycles. The van der Waals surface area contributed by atoms with Crippen LogP contribution in [0.2, 0.25) is 0 Å². The zero-order valence-electron chi connectivity index (χ0n) is 11.2. The molecule has 2 unspecified atom stereocenters. The number of hydrogen-bond acceptors (Lipinski definition) is 2. The summed E-state index contributed by atoms with van der Waals surface area (Å²) in [4.78, 5) is 0. The van der Waals surface area contributed by atoms with Crippen molar-refractivity contribution in [3.05, 3.63) is 0 Å². The number of piperidine rings is 1. The van der Waals surface area contributed by atoms with Crippen molar-refractivity contribution in [1.82, 2.24) is 10.6 Å². The van der Waals surface area contributed by atoms with E-state index in [4.69, 9.17) is 0 Å². The third-order valence-corrected chi connectivity index (χ3v) is 4.47. The molecule has 0 aromatic rings. The van der Waals surface area contributed by atoms with Crippen LogP contribution in [-0.2, 0) is 0 Å². The fraction of sp³-hybridized carbons (Fsp3) is 1.00. The number of nitrogens with one attached hydrogen (secondary N) is 2. The largest absolute Gasteiger partial charge is 0.316 e. The van der Waals surface area contributed by atoms with Crippen LogP contribution in [-0.4, -0.2) is 25.7 Å². The second kappa shape index (κ2) is 4.66. The lowest BCUT2D eigenvalue weighted by atomic mass is 9.82. The highest BCUT2D eigenvalue weighted by molar-refractivity contribution is 4.89. The number of hydrogen-bond donors (Lipinski definition) is 2. The quantitative estimate of drug-likeness (QED) is 0.770. The standard InChI is InChI=1S/C14H28N2/c1-13(2)7-5-12(9-13)16-11-14(3)6-4-8-15-10-14/h12,15-16H,4-11H2,1-3H3. The SMILES string of the molecule is CC1(C)CCC(NCC2(C)CCCNC2)C1. The van der Waals surface area contributed by atoms with E-state index >= 15 is 0 Å². The minimum atomic E-state index is 0.491. The van der Waals surface area contributed by atoms with Crippen LogP contribution in [0.4, 0.5) is 0 Å². The first-order valence-corrected chi connectivity index (χ1v) is 6.93. The summed E-state index contributed by atoms with van der Waals surface area (Å²) in [5.41, 5.74) is 1.06. The molecule has 2 nitrogen and oxygen atoms in total. The first-order chi connectivity index (χ1) is 7.49. The highest BCUT2D eigenvalue weighted by atomic mass is 15.0. The van der Waals surface area contributed by atoms with Crippen LogP contribution in [0, 0.1) is 10.8 Å². The van der Waals surface area contributed by atoms with Crippen molar-refractivity contribution in [3.8, 4) is 0 Å². The molecule has 2 aliphatic rings. The van der Waals surface area contributed by atoms with Crippen LogP contribution >= 0.6 is 0 Å². The fourth-order valence-corrected chi connectivity index (χ4v) is 3.27. The summed E-state index contributed by atoms with van der Waals surface area (Å²) in [6.45, 7) is 10.8. The second-order valence-corrected chi connectivity index (χ2v) is 7.08. The Kier molecular flexibility index (Phi) is 3.60. The molecule has 0 aromatic heterocycles. The Morgan fingerprint density at radius 3 is 2.62 bits per heavy atom. The first-order valence-electron chi connectivity index (χ1n) is 6.93. The smallest absolute Gasteiger partial charge is 0.00725 e. The van der Waals surface area contributed by atoms with E-state index in [1.165, 1.54) is 51.7 Å². The van der Waals surface area contributed by atoms with Crippen LogP contribution in [0.5, 0.6) is 0 Å². The topological polar surface area (TPSA) is 24.1 Å². The molecule has 2 fully saturated rings. The molecule has 0 radical (unpaired) electrons. The molecule has 16 heavy (non-hydrogen) atoms. The zero-order chi connectivity index (χ0) is 11.6. The van der Waals surface area contributed by atoms with Gasteiger partial charge in [-0.05, 0) is 49.5 Å². The van der Waals surface area contributed by atoms with Crippen LogP contribution < -0.4 is 10.6 Å². The van der Waals surface area contributed by atoms with Gasteiger partial charge in [-0.1, -0.05) is 20.8 Å². The van der Waals surface area contributed by atoms with Crippen LogP contribution in [0.25, 0.3) is 0 Å². The zero-order valence-corrected chi connectivity index (χ0v) is 11.2. The normalized spacial score (nSPS) is 38.8. The summed E-state index contributed by atoms with van der Waals surface area (Å²) in [5, 5.41) is 7.33. The first kappa shape index (κ1) is 12.4. The Bertz CT molecular complexity index is 229. The molecule has 2 atom stereocenters. The van der Waals surface area contributed by atoms with Gasteiger partial charge in [0.2, 0.25) is 0 Å². The molecule has 0 bridgehead atoms. The lowest BCUT2D eigenvalue weighted by molar-refractivity contribution is 0.216. The Hall–Kier alpha value is -0.0800. The Labute approximate surface area is 101 Å². The number of rotatable bonds is 3. The van der Waals surface area contributed by atoms with Crippen LogP contribution in [0.1, 0.15) is 52.9 Å². The van der Waals surface area contributed by atoms with E-state index < -0.39 is 0 Å². The van der Waals surface area contributed by atoms with E-state index in [9.17, 15) is 0 Å². The van der Waals surface area contributed by atoms with Crippen molar-refractivity contribution < 1.29 is 0 Å². The third kappa shape index (κ3) is 3.21. The molecule has 1 heterocycles. The van der Waals surface area contributed by atoms with Gasteiger partial charge in [0.25, 0.3) is 0 Å². The molecule has 0 aromatic carbocycles. The highest BCUT2D eigenvalue weighted by Crippen LogP contribution is 2.37. The minimum Gasteiger partial charge on any atom is -0.316 e. The van der Waals surface area contributed by atoms with E-state index in [0.29, 0.717) is 10.8 Å². The molecule has 1 saturated heterocycles. The van der Waals surface area contributed by atoms with Crippen molar-refractivity contribution in [2.45, 2.75) is 58.9 Å². The molecule has 1 saturated carbocycles. The van der Waals surface area contributed by atoms with Gasteiger partial charge in [0.1, 0.15) is 0 Å². The second-order valence-electron chi connectivity index (χ2n) is 7.08. The van der Waals surface area contributed by atoms with Gasteiger partial charge in [-0.2, -0.15) is 0 Å². The summed E-state index contributed by atoms with van der Waals surface area (Å²) in [5.74, 6) is 0. The molecule has 94 valence electrons. The lowest BCUT2D eigenvalue weighted by Gasteiger charge is -2.35. The predicted octanol–water partition coefficient (Wildman–Crippen LogP) is 2.54. The highest BCUT2D eigenvalue weighted by Gasteiger charge is 2.33. The summed E-state index contributed by atoms with van der Waals surface area (Å²) in [6.07, 6.45) is 6.84. The van der Waals surface area contributed by atoms with Crippen molar-refractivity contribution >= 4 is 0 Å². The Balaban J connectivity index is 1.75. The van der Waals surface area contributed by atoms with E-state index in [1.54, 1.807) is 0 Å². The van der Waals surface area contributed by atoms with E-state index in [1.807, 2.05) is 0 Å². The van der Waals surface area contributed by atoms with Gasteiger partial charge in [0.15, 0.2) is 0 Å². The summed E-state index contributed by atoms with van der Waals surface area (Å²) in [6, 6.07) is 0.772. The van der Waals surface area contributed by atoms with Gasteiger partial charge in [-0.15, -0.1) is 0 Å². The van der Waals surface area contributed by atoms with Gasteiger partial charge in [-0.25, -0.2) is 0 Å². The summed E-state index contributed by atoms with van der Waals surface area (Å²) in [7, 11) is 0.